The molecule has 0 saturated carbocycles. The average molecular weight is 261 g/mol. The monoisotopic (exact) mass is 261 g/mol. The molecule has 0 aliphatic carbocycles. The fraction of sp³-hybridized carbons (Fsp3) is 0.231. The number of pyridine rings is 1. The number of fused-ring (bicyclic) bond motifs is 2. The van der Waals surface area contributed by atoms with E-state index in [1.165, 1.54) is 0 Å². The van der Waals surface area contributed by atoms with E-state index in [2.05, 4.69) is 4.98 Å². The second-order valence-electron chi connectivity index (χ2n) is 4.28. The largest absolute Gasteiger partial charge is 0.486 e. The number of aromatic amines is 1. The average Bonchev–Trinajstić information content (AvgIpc) is 2.37. The van der Waals surface area contributed by atoms with Crippen LogP contribution in [0.25, 0.3) is 10.9 Å². The van der Waals surface area contributed by atoms with Gasteiger partial charge in [-0.15, -0.1) is 0 Å². The Morgan fingerprint density at radius 1 is 1.21 bits per heavy atom. The Balaban J connectivity index is 2.16. The van der Waals surface area contributed by atoms with Crippen LogP contribution in [0.3, 0.4) is 0 Å². The highest BCUT2D eigenvalue weighted by Crippen LogP contribution is 2.33. The highest BCUT2D eigenvalue weighted by molar-refractivity contribution is 5.84. The first kappa shape index (κ1) is 11.6. The SMILES string of the molecule is O=C(O)Cc1cc2cc3c(cc2[nH]c1=O)OCCO3. The molecular formula is C13H11NO5. The topological polar surface area (TPSA) is 88.6 Å². The summed E-state index contributed by atoms with van der Waals surface area (Å²) in [4.78, 5) is 25.1. The maximum atomic E-state index is 11.7. The fourth-order valence-corrected chi connectivity index (χ4v) is 2.08. The van der Waals surface area contributed by atoms with Gasteiger partial charge in [0.1, 0.15) is 13.2 Å². The minimum Gasteiger partial charge on any atom is -0.486 e. The zero-order valence-corrected chi connectivity index (χ0v) is 9.93. The number of hydrogen-bond acceptors (Lipinski definition) is 4. The van der Waals surface area contributed by atoms with Crippen LogP contribution >= 0.6 is 0 Å². The third kappa shape index (κ3) is 2.12. The Hall–Kier alpha value is -2.50. The lowest BCUT2D eigenvalue weighted by Gasteiger charge is -2.18. The molecule has 0 bridgehead atoms. The Morgan fingerprint density at radius 2 is 1.89 bits per heavy atom. The number of ether oxygens (including phenoxy) is 2. The number of benzene rings is 1. The van der Waals surface area contributed by atoms with Gasteiger partial charge in [-0.2, -0.15) is 0 Å². The molecule has 0 atom stereocenters. The van der Waals surface area contributed by atoms with E-state index in [0.29, 0.717) is 30.2 Å². The van der Waals surface area contributed by atoms with Crippen molar-refractivity contribution in [2.24, 2.45) is 0 Å². The van der Waals surface area contributed by atoms with Gasteiger partial charge in [-0.3, -0.25) is 9.59 Å². The van der Waals surface area contributed by atoms with Crippen molar-refractivity contribution in [2.75, 3.05) is 13.2 Å². The number of nitrogens with one attached hydrogen (secondary N) is 1. The van der Waals surface area contributed by atoms with E-state index in [-0.39, 0.29) is 12.0 Å². The minimum atomic E-state index is -1.04. The second-order valence-corrected chi connectivity index (χ2v) is 4.28. The van der Waals surface area contributed by atoms with Crippen molar-refractivity contribution in [3.8, 4) is 11.5 Å². The third-order valence-electron chi connectivity index (χ3n) is 2.93. The van der Waals surface area contributed by atoms with Gasteiger partial charge in [-0.05, 0) is 12.1 Å². The lowest BCUT2D eigenvalue weighted by atomic mass is 10.1. The Morgan fingerprint density at radius 3 is 2.58 bits per heavy atom. The van der Waals surface area contributed by atoms with E-state index >= 15 is 0 Å². The van der Waals surface area contributed by atoms with Crippen LogP contribution in [-0.2, 0) is 11.2 Å². The predicted molar refractivity (Wildman–Crippen MR) is 66.9 cm³/mol. The highest BCUT2D eigenvalue weighted by atomic mass is 16.6. The molecule has 1 aromatic heterocycles. The maximum Gasteiger partial charge on any atom is 0.308 e. The van der Waals surface area contributed by atoms with Crippen molar-refractivity contribution in [3.05, 3.63) is 34.1 Å². The molecule has 2 aromatic rings. The lowest BCUT2D eigenvalue weighted by molar-refractivity contribution is -0.136. The standard InChI is InChI=1S/C13H11NO5/c15-12(16)5-8-3-7-4-10-11(19-2-1-18-10)6-9(7)14-13(8)17/h3-4,6H,1-2,5H2,(H,14,17)(H,15,16). The van der Waals surface area contributed by atoms with Gasteiger partial charge in [0.2, 0.25) is 0 Å². The molecule has 3 rings (SSSR count). The Labute approximate surface area is 107 Å². The summed E-state index contributed by atoms with van der Waals surface area (Å²) >= 11 is 0. The zero-order chi connectivity index (χ0) is 13.4. The van der Waals surface area contributed by atoms with E-state index in [4.69, 9.17) is 14.6 Å². The molecule has 6 nitrogen and oxygen atoms in total. The van der Waals surface area contributed by atoms with E-state index in [9.17, 15) is 9.59 Å². The number of carbonyl (C=O) groups is 1. The molecule has 1 aliphatic heterocycles. The van der Waals surface area contributed by atoms with E-state index < -0.39 is 11.5 Å². The number of carboxylic acids is 1. The fourth-order valence-electron chi connectivity index (χ4n) is 2.08. The van der Waals surface area contributed by atoms with Gasteiger partial charge in [-0.25, -0.2) is 0 Å². The van der Waals surface area contributed by atoms with Gasteiger partial charge in [-0.1, -0.05) is 0 Å². The molecule has 2 N–H and O–H groups in total. The van der Waals surface area contributed by atoms with Crippen LogP contribution in [-0.4, -0.2) is 29.3 Å². The zero-order valence-electron chi connectivity index (χ0n) is 9.93. The highest BCUT2D eigenvalue weighted by Gasteiger charge is 2.14. The van der Waals surface area contributed by atoms with Crippen LogP contribution in [0.5, 0.6) is 11.5 Å². The van der Waals surface area contributed by atoms with Crippen LogP contribution in [0.1, 0.15) is 5.56 Å². The first-order chi connectivity index (χ1) is 9.13. The third-order valence-corrected chi connectivity index (χ3v) is 2.93. The number of aliphatic carboxylic acids is 1. The Kier molecular flexibility index (Phi) is 2.63. The van der Waals surface area contributed by atoms with Crippen LogP contribution < -0.4 is 15.0 Å². The summed E-state index contributed by atoms with van der Waals surface area (Å²) in [6.45, 7) is 0.948. The van der Waals surface area contributed by atoms with Crippen molar-refractivity contribution in [1.29, 1.82) is 0 Å². The maximum absolute atomic E-state index is 11.7. The molecule has 1 aromatic carbocycles. The van der Waals surface area contributed by atoms with Crippen molar-refractivity contribution in [3.63, 3.8) is 0 Å². The van der Waals surface area contributed by atoms with Crippen molar-refractivity contribution < 1.29 is 19.4 Å². The predicted octanol–water partition coefficient (Wildman–Crippen LogP) is 0.926. The van der Waals surface area contributed by atoms with Gasteiger partial charge in [0.05, 0.1) is 11.9 Å². The Bertz CT molecular complexity index is 719. The smallest absolute Gasteiger partial charge is 0.308 e. The number of hydrogen-bond donors (Lipinski definition) is 2. The quantitative estimate of drug-likeness (QED) is 0.839. The molecule has 2 heterocycles. The van der Waals surface area contributed by atoms with Crippen LogP contribution in [0.2, 0.25) is 0 Å². The van der Waals surface area contributed by atoms with Gasteiger partial charge in [0.15, 0.2) is 11.5 Å². The summed E-state index contributed by atoms with van der Waals surface area (Å²) in [6.07, 6.45) is -0.306. The minimum absolute atomic E-state index is 0.219. The molecule has 0 amide bonds. The number of H-pyrrole nitrogens is 1. The molecule has 6 heteroatoms. The molecule has 19 heavy (non-hydrogen) atoms. The summed E-state index contributed by atoms with van der Waals surface area (Å²) in [7, 11) is 0. The molecular weight excluding hydrogens is 250 g/mol. The van der Waals surface area contributed by atoms with Crippen molar-refractivity contribution >= 4 is 16.9 Å². The molecule has 0 spiro atoms. The van der Waals surface area contributed by atoms with Crippen LogP contribution in [0.15, 0.2) is 23.0 Å². The normalized spacial score (nSPS) is 13.5. The summed E-state index contributed by atoms with van der Waals surface area (Å²) in [5.41, 5.74) is 0.423. The molecule has 98 valence electrons. The molecule has 0 fully saturated rings. The second kappa shape index (κ2) is 4.31. The van der Waals surface area contributed by atoms with Crippen molar-refractivity contribution in [2.45, 2.75) is 6.42 Å². The first-order valence-corrected chi connectivity index (χ1v) is 5.81. The summed E-state index contributed by atoms with van der Waals surface area (Å²) in [5, 5.41) is 9.48. The van der Waals surface area contributed by atoms with E-state index in [1.807, 2.05) is 0 Å². The molecule has 0 saturated heterocycles. The van der Waals surface area contributed by atoms with E-state index in [0.717, 1.165) is 5.39 Å². The summed E-state index contributed by atoms with van der Waals surface area (Å²) < 4.78 is 10.9. The van der Waals surface area contributed by atoms with Crippen LogP contribution in [0.4, 0.5) is 0 Å². The molecule has 0 radical (unpaired) electrons. The lowest BCUT2D eigenvalue weighted by Crippen LogP contribution is -2.17. The van der Waals surface area contributed by atoms with Gasteiger partial charge < -0.3 is 19.6 Å². The molecule has 0 unspecified atom stereocenters. The van der Waals surface area contributed by atoms with Gasteiger partial charge in [0, 0.05) is 17.0 Å². The first-order valence-electron chi connectivity index (χ1n) is 5.81. The van der Waals surface area contributed by atoms with Gasteiger partial charge >= 0.3 is 5.97 Å². The van der Waals surface area contributed by atoms with Crippen LogP contribution in [0, 0.1) is 0 Å². The molecule has 1 aliphatic rings. The summed E-state index contributed by atoms with van der Waals surface area (Å²) in [5.74, 6) is 0.148. The summed E-state index contributed by atoms with van der Waals surface area (Å²) in [6, 6.07) is 5.00. The number of aromatic nitrogens is 1. The van der Waals surface area contributed by atoms with Gasteiger partial charge in [0.25, 0.3) is 5.56 Å². The van der Waals surface area contributed by atoms with Crippen molar-refractivity contribution in [1.82, 2.24) is 4.98 Å². The number of carboxylic acid groups (broad SMARTS) is 1. The number of rotatable bonds is 2. The van der Waals surface area contributed by atoms with E-state index in [1.54, 1.807) is 18.2 Å².